The lowest BCUT2D eigenvalue weighted by Gasteiger charge is -2.39. The first-order valence-electron chi connectivity index (χ1n) is 7.68. The van der Waals surface area contributed by atoms with Crippen LogP contribution in [0.4, 0.5) is 10.1 Å². The number of carbonyl (C=O) groups is 1. The summed E-state index contributed by atoms with van der Waals surface area (Å²) >= 11 is 0. The molecule has 0 saturated carbocycles. The van der Waals surface area contributed by atoms with Gasteiger partial charge in [0.2, 0.25) is 0 Å². The highest BCUT2D eigenvalue weighted by atomic mass is 19.1. The maximum absolute atomic E-state index is 13.9. The van der Waals surface area contributed by atoms with Crippen LogP contribution in [0.5, 0.6) is 0 Å². The summed E-state index contributed by atoms with van der Waals surface area (Å²) in [4.78, 5) is 15.6. The fourth-order valence-corrected chi connectivity index (χ4v) is 3.07. The molecule has 1 saturated heterocycles. The van der Waals surface area contributed by atoms with Crippen LogP contribution >= 0.6 is 0 Å². The van der Waals surface area contributed by atoms with Gasteiger partial charge in [0.05, 0.1) is 5.69 Å². The van der Waals surface area contributed by atoms with Gasteiger partial charge in [-0.25, -0.2) is 4.39 Å². The zero-order chi connectivity index (χ0) is 16.2. The monoisotopic (exact) mass is 314 g/mol. The van der Waals surface area contributed by atoms with Crippen LogP contribution in [0.1, 0.15) is 11.6 Å². The molecule has 0 radical (unpaired) electrons. The van der Waals surface area contributed by atoms with Crippen molar-refractivity contribution in [1.29, 1.82) is 0 Å². The Hall–Kier alpha value is -2.40. The summed E-state index contributed by atoms with van der Waals surface area (Å²) in [7, 11) is 0. The average molecular weight is 314 g/mol. The van der Waals surface area contributed by atoms with Gasteiger partial charge in [-0.2, -0.15) is 0 Å². The molecule has 0 bridgehead atoms. The molecule has 23 heavy (non-hydrogen) atoms. The van der Waals surface area contributed by atoms with E-state index in [0.29, 0.717) is 31.9 Å². The molecule has 1 aliphatic rings. The number of carboxylic acid groups (broad SMARTS) is 1. The van der Waals surface area contributed by atoms with E-state index in [1.54, 1.807) is 12.1 Å². The third-order valence-corrected chi connectivity index (χ3v) is 4.22. The Morgan fingerprint density at radius 3 is 2.17 bits per heavy atom. The first kappa shape index (κ1) is 15.5. The third kappa shape index (κ3) is 3.35. The fourth-order valence-electron chi connectivity index (χ4n) is 3.07. The van der Waals surface area contributed by atoms with Crippen molar-refractivity contribution in [1.82, 2.24) is 4.90 Å². The zero-order valence-corrected chi connectivity index (χ0v) is 12.7. The number of hydrogen-bond acceptors (Lipinski definition) is 3. The number of hydrogen-bond donors (Lipinski definition) is 1. The average Bonchev–Trinajstić information content (AvgIpc) is 2.57. The summed E-state index contributed by atoms with van der Waals surface area (Å²) in [6.45, 7) is 2.38. The Morgan fingerprint density at radius 2 is 1.57 bits per heavy atom. The summed E-state index contributed by atoms with van der Waals surface area (Å²) in [5.74, 6) is -1.09. The molecular weight excluding hydrogens is 295 g/mol. The maximum Gasteiger partial charge on any atom is 0.325 e. The van der Waals surface area contributed by atoms with Gasteiger partial charge in [-0.1, -0.05) is 42.5 Å². The lowest BCUT2D eigenvalue weighted by Crippen LogP contribution is -2.49. The second kappa shape index (κ2) is 6.79. The molecule has 1 heterocycles. The van der Waals surface area contributed by atoms with Crippen molar-refractivity contribution >= 4 is 11.7 Å². The molecule has 2 aromatic carbocycles. The second-order valence-corrected chi connectivity index (χ2v) is 5.63. The van der Waals surface area contributed by atoms with Gasteiger partial charge >= 0.3 is 5.97 Å². The minimum Gasteiger partial charge on any atom is -0.480 e. The molecule has 0 aromatic heterocycles. The number of aliphatic carboxylic acids is 1. The smallest absolute Gasteiger partial charge is 0.325 e. The van der Waals surface area contributed by atoms with Gasteiger partial charge in [0.25, 0.3) is 0 Å². The molecule has 2 aromatic rings. The first-order valence-corrected chi connectivity index (χ1v) is 7.68. The fraction of sp³-hybridized carbons (Fsp3) is 0.278. The highest BCUT2D eigenvalue weighted by molar-refractivity contribution is 5.75. The molecule has 0 aliphatic carbocycles. The van der Waals surface area contributed by atoms with E-state index in [1.807, 2.05) is 46.2 Å². The van der Waals surface area contributed by atoms with Crippen LogP contribution in [0.25, 0.3) is 0 Å². The molecule has 0 spiro atoms. The molecule has 3 rings (SSSR count). The standard InChI is InChI=1S/C18H19FN2O2/c19-15-8-4-5-9-16(15)20-10-12-21(13-11-20)17(18(22)23)14-6-2-1-3-7-14/h1-9,17H,10-13H2,(H,22,23)/t17-/m0/s1. The molecule has 0 unspecified atom stereocenters. The van der Waals surface area contributed by atoms with Gasteiger partial charge in [-0.15, -0.1) is 0 Å². The summed E-state index contributed by atoms with van der Waals surface area (Å²) < 4.78 is 13.9. The van der Waals surface area contributed by atoms with Gasteiger partial charge in [0, 0.05) is 26.2 Å². The maximum atomic E-state index is 13.9. The molecule has 1 aliphatic heterocycles. The molecule has 1 fully saturated rings. The van der Waals surface area contributed by atoms with Crippen molar-refractivity contribution in [2.45, 2.75) is 6.04 Å². The van der Waals surface area contributed by atoms with Crippen LogP contribution in [-0.4, -0.2) is 42.2 Å². The van der Waals surface area contributed by atoms with Crippen molar-refractivity contribution in [3.63, 3.8) is 0 Å². The zero-order valence-electron chi connectivity index (χ0n) is 12.7. The summed E-state index contributed by atoms with van der Waals surface area (Å²) in [6.07, 6.45) is 0. The van der Waals surface area contributed by atoms with E-state index in [9.17, 15) is 14.3 Å². The van der Waals surface area contributed by atoms with Crippen molar-refractivity contribution in [3.8, 4) is 0 Å². The SMILES string of the molecule is O=C(O)[C@H](c1ccccc1)N1CCN(c2ccccc2F)CC1. The lowest BCUT2D eigenvalue weighted by atomic mass is 10.0. The molecule has 1 N–H and O–H groups in total. The van der Waals surface area contributed by atoms with E-state index in [2.05, 4.69) is 0 Å². The molecule has 1 atom stereocenters. The molecule has 120 valence electrons. The normalized spacial score (nSPS) is 17.0. The predicted molar refractivity (Wildman–Crippen MR) is 87.0 cm³/mol. The molecule has 4 nitrogen and oxygen atoms in total. The highest BCUT2D eigenvalue weighted by Crippen LogP contribution is 2.25. The Balaban J connectivity index is 1.72. The van der Waals surface area contributed by atoms with Crippen LogP contribution < -0.4 is 4.90 Å². The second-order valence-electron chi connectivity index (χ2n) is 5.63. The van der Waals surface area contributed by atoms with E-state index < -0.39 is 12.0 Å². The summed E-state index contributed by atoms with van der Waals surface area (Å²) in [5, 5.41) is 9.59. The van der Waals surface area contributed by atoms with E-state index in [-0.39, 0.29) is 5.82 Å². The third-order valence-electron chi connectivity index (χ3n) is 4.22. The Labute approximate surface area is 134 Å². The minimum atomic E-state index is -0.851. The van der Waals surface area contributed by atoms with Gasteiger partial charge in [-0.3, -0.25) is 9.69 Å². The van der Waals surface area contributed by atoms with E-state index in [4.69, 9.17) is 0 Å². The minimum absolute atomic E-state index is 0.237. The van der Waals surface area contributed by atoms with Crippen molar-refractivity contribution in [3.05, 3.63) is 66.0 Å². The van der Waals surface area contributed by atoms with Gasteiger partial charge < -0.3 is 10.0 Å². The Morgan fingerprint density at radius 1 is 0.957 bits per heavy atom. The van der Waals surface area contributed by atoms with E-state index in [1.165, 1.54) is 6.07 Å². The Kier molecular flexibility index (Phi) is 4.57. The number of benzene rings is 2. The van der Waals surface area contributed by atoms with Crippen LogP contribution in [0, 0.1) is 5.82 Å². The summed E-state index contributed by atoms with van der Waals surface area (Å²) in [5.41, 5.74) is 1.36. The molecular formula is C18H19FN2O2. The van der Waals surface area contributed by atoms with Crippen LogP contribution in [-0.2, 0) is 4.79 Å². The number of carboxylic acids is 1. The number of para-hydroxylation sites is 1. The predicted octanol–water partition coefficient (Wildman–Crippen LogP) is 2.77. The largest absolute Gasteiger partial charge is 0.480 e. The van der Waals surface area contributed by atoms with Gasteiger partial charge in [-0.05, 0) is 17.7 Å². The number of piperazine rings is 1. The highest BCUT2D eigenvalue weighted by Gasteiger charge is 2.30. The van der Waals surface area contributed by atoms with E-state index >= 15 is 0 Å². The summed E-state index contributed by atoms with van der Waals surface area (Å²) in [6, 6.07) is 15.3. The Bertz CT molecular complexity index is 670. The van der Waals surface area contributed by atoms with Crippen molar-refractivity contribution < 1.29 is 14.3 Å². The number of rotatable bonds is 4. The quantitative estimate of drug-likeness (QED) is 0.942. The first-order chi connectivity index (χ1) is 11.2. The number of halogens is 1. The van der Waals surface area contributed by atoms with E-state index in [0.717, 1.165) is 5.56 Å². The van der Waals surface area contributed by atoms with Crippen LogP contribution in [0.3, 0.4) is 0 Å². The number of anilines is 1. The van der Waals surface area contributed by atoms with Crippen molar-refractivity contribution in [2.75, 3.05) is 31.1 Å². The van der Waals surface area contributed by atoms with Gasteiger partial charge in [0.1, 0.15) is 11.9 Å². The van der Waals surface area contributed by atoms with Crippen LogP contribution in [0.2, 0.25) is 0 Å². The van der Waals surface area contributed by atoms with Crippen LogP contribution in [0.15, 0.2) is 54.6 Å². The molecule has 5 heteroatoms. The lowest BCUT2D eigenvalue weighted by molar-refractivity contribution is -0.143. The number of nitrogens with zero attached hydrogens (tertiary/aromatic N) is 2. The molecule has 0 amide bonds. The van der Waals surface area contributed by atoms with Crippen molar-refractivity contribution in [2.24, 2.45) is 0 Å². The van der Waals surface area contributed by atoms with Gasteiger partial charge in [0.15, 0.2) is 0 Å². The topological polar surface area (TPSA) is 43.8 Å².